The van der Waals surface area contributed by atoms with Crippen LogP contribution in [0, 0.1) is 0 Å². The van der Waals surface area contributed by atoms with Crippen molar-refractivity contribution >= 4 is 22.4 Å². The summed E-state index contributed by atoms with van der Waals surface area (Å²) in [5.41, 5.74) is 2.51. The van der Waals surface area contributed by atoms with Crippen molar-refractivity contribution in [2.24, 2.45) is 0 Å². The van der Waals surface area contributed by atoms with E-state index in [-0.39, 0.29) is 6.42 Å². The summed E-state index contributed by atoms with van der Waals surface area (Å²) < 4.78 is 0. The van der Waals surface area contributed by atoms with Crippen LogP contribution in [0.1, 0.15) is 12.0 Å². The molecule has 0 fully saturated rings. The number of aromatic nitrogens is 1. The van der Waals surface area contributed by atoms with Crippen molar-refractivity contribution < 1.29 is 9.90 Å². The van der Waals surface area contributed by atoms with Gasteiger partial charge in [-0.1, -0.05) is 24.8 Å². The number of carboxylic acids is 1. The Morgan fingerprint density at radius 2 is 2.13 bits per heavy atom. The second-order valence-corrected chi connectivity index (χ2v) is 3.42. The first-order valence-corrected chi connectivity index (χ1v) is 4.64. The van der Waals surface area contributed by atoms with E-state index in [1.807, 2.05) is 24.3 Å². The highest BCUT2D eigenvalue weighted by Gasteiger charge is 2.08. The molecule has 0 radical (unpaired) electrons. The highest BCUT2D eigenvalue weighted by atomic mass is 16.4. The molecule has 0 aliphatic heterocycles. The Hall–Kier alpha value is -2.03. The van der Waals surface area contributed by atoms with Crippen molar-refractivity contribution in [3.05, 3.63) is 42.6 Å². The van der Waals surface area contributed by atoms with Crippen LogP contribution in [0.4, 0.5) is 0 Å². The maximum Gasteiger partial charge on any atom is 0.307 e. The molecule has 2 N–H and O–H groups in total. The summed E-state index contributed by atoms with van der Waals surface area (Å²) in [6.45, 7) is 3.79. The topological polar surface area (TPSA) is 53.1 Å². The van der Waals surface area contributed by atoms with Gasteiger partial charge >= 0.3 is 5.97 Å². The first-order chi connectivity index (χ1) is 7.18. The number of carboxylic acid groups (broad SMARTS) is 1. The molecule has 0 saturated heterocycles. The van der Waals surface area contributed by atoms with Gasteiger partial charge in [-0.3, -0.25) is 4.79 Å². The second kappa shape index (κ2) is 3.61. The number of nitrogens with one attached hydrogen (secondary N) is 1. The molecule has 0 atom stereocenters. The fourth-order valence-corrected chi connectivity index (χ4v) is 1.64. The molecule has 0 bridgehead atoms. The lowest BCUT2D eigenvalue weighted by Crippen LogP contribution is -1.95. The van der Waals surface area contributed by atoms with E-state index in [0.717, 1.165) is 16.5 Å². The van der Waals surface area contributed by atoms with Gasteiger partial charge in [0.15, 0.2) is 0 Å². The van der Waals surface area contributed by atoms with Gasteiger partial charge in [0, 0.05) is 22.7 Å². The lowest BCUT2D eigenvalue weighted by molar-refractivity contribution is -0.135. The molecule has 2 aromatic rings. The minimum absolute atomic E-state index is 0.0259. The Bertz CT molecular complexity index is 525. The molecular formula is C12H11NO2. The number of hydrogen-bond acceptors (Lipinski definition) is 1. The van der Waals surface area contributed by atoms with Gasteiger partial charge in [-0.15, -0.1) is 0 Å². The molecule has 0 aliphatic carbocycles. The number of para-hydroxylation sites is 1. The molecule has 1 aromatic heterocycles. The van der Waals surface area contributed by atoms with E-state index in [4.69, 9.17) is 5.11 Å². The summed E-state index contributed by atoms with van der Waals surface area (Å²) in [6.07, 6.45) is 1.78. The zero-order valence-electron chi connectivity index (χ0n) is 8.16. The van der Waals surface area contributed by atoms with Gasteiger partial charge < -0.3 is 10.1 Å². The van der Waals surface area contributed by atoms with E-state index >= 15 is 0 Å². The zero-order chi connectivity index (χ0) is 10.8. The van der Waals surface area contributed by atoms with Crippen LogP contribution in [-0.2, 0) is 4.79 Å². The minimum atomic E-state index is -0.856. The van der Waals surface area contributed by atoms with E-state index in [1.54, 1.807) is 6.20 Å². The van der Waals surface area contributed by atoms with E-state index in [0.29, 0.717) is 5.57 Å². The zero-order valence-corrected chi connectivity index (χ0v) is 8.16. The number of hydrogen-bond donors (Lipinski definition) is 2. The van der Waals surface area contributed by atoms with Gasteiger partial charge in [-0.25, -0.2) is 0 Å². The average molecular weight is 201 g/mol. The molecule has 0 aliphatic rings. The van der Waals surface area contributed by atoms with Gasteiger partial charge in [0.1, 0.15) is 0 Å². The Kier molecular flexibility index (Phi) is 2.29. The van der Waals surface area contributed by atoms with Crippen LogP contribution < -0.4 is 0 Å². The van der Waals surface area contributed by atoms with Crippen LogP contribution in [0.25, 0.3) is 16.5 Å². The lowest BCUT2D eigenvalue weighted by Gasteiger charge is -2.00. The number of aliphatic carboxylic acids is 1. The number of aromatic amines is 1. The maximum atomic E-state index is 10.6. The molecule has 1 aromatic carbocycles. The molecule has 0 unspecified atom stereocenters. The molecule has 15 heavy (non-hydrogen) atoms. The summed E-state index contributed by atoms with van der Waals surface area (Å²) in [6, 6.07) is 7.76. The normalized spacial score (nSPS) is 10.4. The number of H-pyrrole nitrogens is 1. The largest absolute Gasteiger partial charge is 0.481 e. The third-order valence-electron chi connectivity index (χ3n) is 2.33. The summed E-state index contributed by atoms with van der Waals surface area (Å²) in [4.78, 5) is 13.7. The lowest BCUT2D eigenvalue weighted by atomic mass is 10.0. The van der Waals surface area contributed by atoms with E-state index in [1.165, 1.54) is 0 Å². The third kappa shape index (κ3) is 1.76. The van der Waals surface area contributed by atoms with Crippen molar-refractivity contribution in [3.63, 3.8) is 0 Å². The van der Waals surface area contributed by atoms with Gasteiger partial charge in [0.05, 0.1) is 6.42 Å². The SMILES string of the molecule is C=C(CC(=O)O)c1c[nH]c2ccccc12. The molecule has 0 saturated carbocycles. The number of rotatable bonds is 3. The van der Waals surface area contributed by atoms with E-state index < -0.39 is 5.97 Å². The van der Waals surface area contributed by atoms with E-state index in [9.17, 15) is 4.79 Å². The third-order valence-corrected chi connectivity index (χ3v) is 2.33. The van der Waals surface area contributed by atoms with Crippen molar-refractivity contribution in [2.75, 3.05) is 0 Å². The molecule has 0 spiro atoms. The summed E-state index contributed by atoms with van der Waals surface area (Å²) >= 11 is 0. The summed E-state index contributed by atoms with van der Waals surface area (Å²) in [7, 11) is 0. The molecule has 2 rings (SSSR count). The van der Waals surface area contributed by atoms with Crippen LogP contribution in [0.3, 0.4) is 0 Å². The molecule has 76 valence electrons. The van der Waals surface area contributed by atoms with Crippen LogP contribution in [0.2, 0.25) is 0 Å². The molecule has 3 nitrogen and oxygen atoms in total. The number of carbonyl (C=O) groups is 1. The molecule has 3 heteroatoms. The van der Waals surface area contributed by atoms with Crippen molar-refractivity contribution in [2.45, 2.75) is 6.42 Å². The Morgan fingerprint density at radius 3 is 2.87 bits per heavy atom. The Balaban J connectivity index is 2.44. The van der Waals surface area contributed by atoms with Gasteiger partial charge in [-0.2, -0.15) is 0 Å². The predicted octanol–water partition coefficient (Wildman–Crippen LogP) is 2.66. The van der Waals surface area contributed by atoms with Crippen LogP contribution >= 0.6 is 0 Å². The highest BCUT2D eigenvalue weighted by Crippen LogP contribution is 2.25. The molecule has 1 heterocycles. The van der Waals surface area contributed by atoms with Gasteiger partial charge in [0.25, 0.3) is 0 Å². The van der Waals surface area contributed by atoms with Crippen molar-refractivity contribution in [1.29, 1.82) is 0 Å². The second-order valence-electron chi connectivity index (χ2n) is 3.42. The van der Waals surface area contributed by atoms with Gasteiger partial charge in [0.2, 0.25) is 0 Å². The Morgan fingerprint density at radius 1 is 1.40 bits per heavy atom. The van der Waals surface area contributed by atoms with Crippen LogP contribution in [0.5, 0.6) is 0 Å². The monoisotopic (exact) mass is 201 g/mol. The van der Waals surface area contributed by atoms with Crippen LogP contribution in [0.15, 0.2) is 37.0 Å². The number of benzene rings is 1. The average Bonchev–Trinajstić information content (AvgIpc) is 2.59. The fourth-order valence-electron chi connectivity index (χ4n) is 1.64. The summed E-state index contributed by atoms with van der Waals surface area (Å²) in [5.74, 6) is -0.856. The van der Waals surface area contributed by atoms with Gasteiger partial charge in [-0.05, 0) is 11.6 Å². The Labute approximate surface area is 87.0 Å². The first-order valence-electron chi connectivity index (χ1n) is 4.64. The first kappa shape index (κ1) is 9.52. The number of fused-ring (bicyclic) bond motifs is 1. The molecular weight excluding hydrogens is 190 g/mol. The van der Waals surface area contributed by atoms with Crippen molar-refractivity contribution in [3.8, 4) is 0 Å². The smallest absolute Gasteiger partial charge is 0.307 e. The van der Waals surface area contributed by atoms with Crippen molar-refractivity contribution in [1.82, 2.24) is 4.98 Å². The quantitative estimate of drug-likeness (QED) is 0.802. The standard InChI is InChI=1S/C12H11NO2/c1-8(6-12(14)15)10-7-13-11-5-3-2-4-9(10)11/h2-5,7,13H,1,6H2,(H,14,15). The van der Waals surface area contributed by atoms with Crippen LogP contribution in [-0.4, -0.2) is 16.1 Å². The predicted molar refractivity (Wildman–Crippen MR) is 59.6 cm³/mol. The molecule has 0 amide bonds. The highest BCUT2D eigenvalue weighted by molar-refractivity contribution is 5.95. The minimum Gasteiger partial charge on any atom is -0.481 e. The summed E-state index contributed by atoms with van der Waals surface area (Å²) in [5, 5.41) is 9.70. The maximum absolute atomic E-state index is 10.6. The van der Waals surface area contributed by atoms with E-state index in [2.05, 4.69) is 11.6 Å². The fraction of sp³-hybridized carbons (Fsp3) is 0.0833.